The maximum Gasteiger partial charge on any atom is 0.0897 e. The summed E-state index contributed by atoms with van der Waals surface area (Å²) < 4.78 is 0. The molecule has 2 atom stereocenters. The zero-order chi connectivity index (χ0) is 14.7. The summed E-state index contributed by atoms with van der Waals surface area (Å²) in [5.74, 6) is 0. The fourth-order valence-corrected chi connectivity index (χ4v) is 3.25. The normalized spacial score (nSPS) is 14.5. The molecule has 0 fully saturated rings. The van der Waals surface area contributed by atoms with Gasteiger partial charge in [0.2, 0.25) is 0 Å². The highest BCUT2D eigenvalue weighted by Crippen LogP contribution is 2.25. The van der Waals surface area contributed by atoms with Crippen molar-refractivity contribution in [2.24, 2.45) is 5.73 Å². The molecule has 1 aromatic heterocycles. The Balaban J connectivity index is 2.20. The second-order valence-electron chi connectivity index (χ2n) is 5.49. The van der Waals surface area contributed by atoms with Gasteiger partial charge in [0.25, 0.3) is 0 Å². The van der Waals surface area contributed by atoms with Crippen LogP contribution in [0.5, 0.6) is 0 Å². The zero-order valence-corrected chi connectivity index (χ0v) is 13.4. The fraction of sp³-hybridized carbons (Fsp3) is 0.438. The average molecular weight is 289 g/mol. The Bertz CT molecular complexity index is 562. The second-order valence-corrected chi connectivity index (χ2v) is 6.55. The van der Waals surface area contributed by atoms with Crippen molar-refractivity contribution in [3.05, 3.63) is 51.5 Å². The van der Waals surface area contributed by atoms with E-state index in [1.165, 1.54) is 11.1 Å². The maximum atomic E-state index is 6.22. The highest BCUT2D eigenvalue weighted by molar-refractivity contribution is 7.09. The minimum Gasteiger partial charge on any atom is -0.326 e. The first-order chi connectivity index (χ1) is 9.47. The Morgan fingerprint density at radius 3 is 2.65 bits per heavy atom. The summed E-state index contributed by atoms with van der Waals surface area (Å²) in [6.45, 7) is 7.05. The first-order valence-corrected chi connectivity index (χ1v) is 7.78. The Labute approximate surface area is 125 Å². The highest BCUT2D eigenvalue weighted by atomic mass is 32.1. The van der Waals surface area contributed by atoms with Crippen molar-refractivity contribution >= 4 is 11.3 Å². The van der Waals surface area contributed by atoms with Gasteiger partial charge in [0, 0.05) is 24.0 Å². The van der Waals surface area contributed by atoms with Crippen LogP contribution >= 0.6 is 11.3 Å². The molecule has 3 nitrogen and oxygen atoms in total. The van der Waals surface area contributed by atoms with Gasteiger partial charge in [-0.1, -0.05) is 29.8 Å². The molecular formula is C16H23N3S. The number of aromatic nitrogens is 1. The van der Waals surface area contributed by atoms with Crippen molar-refractivity contribution in [2.45, 2.75) is 39.4 Å². The lowest BCUT2D eigenvalue weighted by atomic mass is 9.98. The van der Waals surface area contributed by atoms with Gasteiger partial charge in [0.15, 0.2) is 0 Å². The molecule has 0 amide bonds. The molecule has 0 aliphatic heterocycles. The van der Waals surface area contributed by atoms with E-state index in [1.54, 1.807) is 11.3 Å². The summed E-state index contributed by atoms with van der Waals surface area (Å²) in [4.78, 5) is 6.83. The molecule has 2 N–H and O–H groups in total. The van der Waals surface area contributed by atoms with Gasteiger partial charge < -0.3 is 5.73 Å². The lowest BCUT2D eigenvalue weighted by Gasteiger charge is -2.31. The third-order valence-corrected chi connectivity index (χ3v) is 4.26. The predicted molar refractivity (Wildman–Crippen MR) is 85.9 cm³/mol. The minimum absolute atomic E-state index is 0.0709. The van der Waals surface area contributed by atoms with Gasteiger partial charge in [-0.3, -0.25) is 4.90 Å². The molecule has 0 aliphatic carbocycles. The van der Waals surface area contributed by atoms with Crippen molar-refractivity contribution in [3.63, 3.8) is 0 Å². The summed E-state index contributed by atoms with van der Waals surface area (Å²) in [6.07, 6.45) is 0. The molecule has 1 aromatic carbocycles. The number of nitrogens with zero attached hydrogens (tertiary/aromatic N) is 2. The Hall–Kier alpha value is -1.23. The molecule has 20 heavy (non-hydrogen) atoms. The molecule has 4 heteroatoms. The van der Waals surface area contributed by atoms with Gasteiger partial charge in [-0.25, -0.2) is 4.98 Å². The van der Waals surface area contributed by atoms with E-state index >= 15 is 0 Å². The Morgan fingerprint density at radius 2 is 2.10 bits per heavy atom. The lowest BCUT2D eigenvalue weighted by Crippen LogP contribution is -2.37. The molecule has 2 rings (SSSR count). The van der Waals surface area contributed by atoms with E-state index in [9.17, 15) is 0 Å². The van der Waals surface area contributed by atoms with Crippen molar-refractivity contribution < 1.29 is 0 Å². The van der Waals surface area contributed by atoms with Crippen LogP contribution in [0, 0.1) is 13.8 Å². The van der Waals surface area contributed by atoms with E-state index in [1.807, 2.05) is 6.92 Å². The van der Waals surface area contributed by atoms with Crippen LogP contribution < -0.4 is 5.73 Å². The molecule has 2 unspecified atom stereocenters. The van der Waals surface area contributed by atoms with E-state index in [-0.39, 0.29) is 12.1 Å². The van der Waals surface area contributed by atoms with E-state index in [0.29, 0.717) is 0 Å². The van der Waals surface area contributed by atoms with E-state index in [0.717, 1.165) is 17.2 Å². The monoisotopic (exact) mass is 289 g/mol. The number of benzene rings is 1. The van der Waals surface area contributed by atoms with Gasteiger partial charge in [0.1, 0.15) is 0 Å². The van der Waals surface area contributed by atoms with Gasteiger partial charge in [-0.15, -0.1) is 11.3 Å². The number of hydrogen-bond donors (Lipinski definition) is 1. The second kappa shape index (κ2) is 6.48. The molecule has 0 aliphatic rings. The highest BCUT2D eigenvalue weighted by Gasteiger charge is 2.22. The van der Waals surface area contributed by atoms with E-state index < -0.39 is 0 Å². The number of nitrogens with two attached hydrogens (primary N) is 1. The summed E-state index contributed by atoms with van der Waals surface area (Å²) >= 11 is 1.70. The number of aryl methyl sites for hydroxylation is 2. The number of thiazole rings is 1. The first kappa shape index (κ1) is 15.2. The lowest BCUT2D eigenvalue weighted by molar-refractivity contribution is 0.209. The van der Waals surface area contributed by atoms with Crippen LogP contribution in [-0.2, 0) is 6.54 Å². The Morgan fingerprint density at radius 1 is 1.35 bits per heavy atom. The average Bonchev–Trinajstić information content (AvgIpc) is 2.74. The third-order valence-electron chi connectivity index (χ3n) is 3.43. The van der Waals surface area contributed by atoms with Gasteiger partial charge in [-0.2, -0.15) is 0 Å². The SMILES string of the molecule is Cc1cccc(C(C(C)N)N(C)Cc2csc(C)n2)c1. The van der Waals surface area contributed by atoms with Crippen molar-refractivity contribution in [1.82, 2.24) is 9.88 Å². The summed E-state index contributed by atoms with van der Waals surface area (Å²) in [7, 11) is 2.12. The predicted octanol–water partition coefficient (Wildman–Crippen LogP) is 3.28. The van der Waals surface area contributed by atoms with Crippen LogP contribution in [-0.4, -0.2) is 23.0 Å². The van der Waals surface area contributed by atoms with Gasteiger partial charge in [-0.05, 0) is 33.4 Å². The molecular weight excluding hydrogens is 266 g/mol. The van der Waals surface area contributed by atoms with Crippen molar-refractivity contribution in [1.29, 1.82) is 0 Å². The largest absolute Gasteiger partial charge is 0.326 e. The number of rotatable bonds is 5. The quantitative estimate of drug-likeness (QED) is 0.918. The Kier molecular flexibility index (Phi) is 4.91. The van der Waals surface area contributed by atoms with Crippen LogP contribution in [0.2, 0.25) is 0 Å². The van der Waals surface area contributed by atoms with Gasteiger partial charge >= 0.3 is 0 Å². The molecule has 0 saturated carbocycles. The molecule has 2 aromatic rings. The topological polar surface area (TPSA) is 42.1 Å². The molecule has 0 bridgehead atoms. The number of likely N-dealkylation sites (N-methyl/N-ethyl adjacent to an activating group) is 1. The minimum atomic E-state index is 0.0709. The third kappa shape index (κ3) is 3.66. The molecule has 108 valence electrons. The summed E-state index contributed by atoms with van der Waals surface area (Å²) in [6, 6.07) is 8.87. The number of hydrogen-bond acceptors (Lipinski definition) is 4. The van der Waals surface area contributed by atoms with Crippen molar-refractivity contribution in [2.75, 3.05) is 7.05 Å². The molecule has 0 saturated heterocycles. The van der Waals surface area contributed by atoms with E-state index in [2.05, 4.69) is 60.4 Å². The molecule has 0 spiro atoms. The smallest absolute Gasteiger partial charge is 0.0897 e. The van der Waals surface area contributed by atoms with Crippen LogP contribution in [0.3, 0.4) is 0 Å². The van der Waals surface area contributed by atoms with Crippen LogP contribution in [0.4, 0.5) is 0 Å². The zero-order valence-electron chi connectivity index (χ0n) is 12.6. The standard InChI is InChI=1S/C16H23N3S/c1-11-6-5-7-14(8-11)16(12(2)17)19(4)9-15-10-20-13(3)18-15/h5-8,10,12,16H,9,17H2,1-4H3. The van der Waals surface area contributed by atoms with E-state index in [4.69, 9.17) is 5.73 Å². The van der Waals surface area contributed by atoms with Crippen LogP contribution in [0.15, 0.2) is 29.6 Å². The van der Waals surface area contributed by atoms with Crippen molar-refractivity contribution in [3.8, 4) is 0 Å². The van der Waals surface area contributed by atoms with Crippen LogP contribution in [0.1, 0.15) is 34.8 Å². The van der Waals surface area contributed by atoms with Gasteiger partial charge in [0.05, 0.1) is 10.7 Å². The first-order valence-electron chi connectivity index (χ1n) is 6.90. The molecule has 1 heterocycles. The fourth-order valence-electron chi connectivity index (χ4n) is 2.65. The maximum absolute atomic E-state index is 6.22. The molecule has 0 radical (unpaired) electrons. The summed E-state index contributed by atoms with van der Waals surface area (Å²) in [5.41, 5.74) is 9.88. The summed E-state index contributed by atoms with van der Waals surface area (Å²) in [5, 5.41) is 3.24. The van der Waals surface area contributed by atoms with Crippen LogP contribution in [0.25, 0.3) is 0 Å².